The average Bonchev–Trinajstić information content (AvgIpc) is 2.78. The number of aryl methyl sites for hydroxylation is 1. The van der Waals surface area contributed by atoms with Gasteiger partial charge < -0.3 is 5.32 Å². The Morgan fingerprint density at radius 3 is 2.57 bits per heavy atom. The lowest BCUT2D eigenvalue weighted by Crippen LogP contribution is -2.34. The third-order valence-electron chi connectivity index (χ3n) is 3.49. The molecule has 1 aliphatic heterocycles. The first kappa shape index (κ1) is 14.6. The molecular formula is C15H12N4O4. The Balaban J connectivity index is 1.79. The van der Waals surface area contributed by atoms with Crippen molar-refractivity contribution in [1.82, 2.24) is 9.88 Å². The first-order valence-corrected chi connectivity index (χ1v) is 6.78. The number of hydrogen-bond donors (Lipinski definition) is 1. The number of nitro groups is 1. The van der Waals surface area contributed by atoms with Gasteiger partial charge in [0.05, 0.1) is 22.7 Å². The van der Waals surface area contributed by atoms with Crippen LogP contribution in [0, 0.1) is 17.0 Å². The summed E-state index contributed by atoms with van der Waals surface area (Å²) in [7, 11) is 0. The molecule has 1 aromatic carbocycles. The summed E-state index contributed by atoms with van der Waals surface area (Å²) in [6.45, 7) is 1.84. The molecule has 1 N–H and O–H groups in total. The van der Waals surface area contributed by atoms with E-state index in [2.05, 4.69) is 10.3 Å². The summed E-state index contributed by atoms with van der Waals surface area (Å²) < 4.78 is 0. The van der Waals surface area contributed by atoms with Crippen molar-refractivity contribution >= 4 is 23.3 Å². The van der Waals surface area contributed by atoms with Crippen LogP contribution in [-0.4, -0.2) is 33.3 Å². The summed E-state index contributed by atoms with van der Waals surface area (Å²) in [5.41, 5.74) is 0.977. The zero-order valence-electron chi connectivity index (χ0n) is 12.1. The Bertz CT molecular complexity index is 817. The zero-order chi connectivity index (χ0) is 16.6. The number of non-ortho nitro benzene ring substituents is 1. The molecule has 0 spiro atoms. The molecule has 8 nitrogen and oxygen atoms in total. The number of pyridine rings is 1. The fraction of sp³-hybridized carbons (Fsp3) is 0.133. The Hall–Kier alpha value is -3.29. The summed E-state index contributed by atoms with van der Waals surface area (Å²) in [6, 6.07) is 7.22. The van der Waals surface area contributed by atoms with Crippen molar-refractivity contribution < 1.29 is 14.5 Å². The quantitative estimate of drug-likeness (QED) is 0.525. The van der Waals surface area contributed by atoms with E-state index in [0.717, 1.165) is 16.5 Å². The van der Waals surface area contributed by atoms with Gasteiger partial charge in [0.25, 0.3) is 17.5 Å². The molecule has 1 aromatic heterocycles. The number of fused-ring (bicyclic) bond motifs is 1. The first-order chi connectivity index (χ1) is 11.0. The monoisotopic (exact) mass is 312 g/mol. The molecule has 0 fully saturated rings. The van der Waals surface area contributed by atoms with Crippen LogP contribution in [0.25, 0.3) is 0 Å². The Morgan fingerprint density at radius 1 is 1.17 bits per heavy atom. The highest BCUT2D eigenvalue weighted by Crippen LogP contribution is 2.26. The molecule has 8 heteroatoms. The molecule has 23 heavy (non-hydrogen) atoms. The third-order valence-corrected chi connectivity index (χ3v) is 3.49. The molecule has 1 aliphatic rings. The highest BCUT2D eigenvalue weighted by molar-refractivity contribution is 6.21. The Kier molecular flexibility index (Phi) is 3.49. The smallest absolute Gasteiger partial charge is 0.270 e. The van der Waals surface area contributed by atoms with E-state index in [1.54, 1.807) is 12.3 Å². The van der Waals surface area contributed by atoms with Crippen molar-refractivity contribution in [3.63, 3.8) is 0 Å². The van der Waals surface area contributed by atoms with Crippen LogP contribution in [0.5, 0.6) is 0 Å². The van der Waals surface area contributed by atoms with Gasteiger partial charge in [-0.05, 0) is 24.6 Å². The van der Waals surface area contributed by atoms with Crippen molar-refractivity contribution in [3.05, 3.63) is 63.3 Å². The summed E-state index contributed by atoms with van der Waals surface area (Å²) in [4.78, 5) is 39.8. The van der Waals surface area contributed by atoms with Crippen LogP contribution in [-0.2, 0) is 0 Å². The maximum Gasteiger partial charge on any atom is 0.270 e. The number of amides is 2. The third kappa shape index (κ3) is 2.61. The van der Waals surface area contributed by atoms with Gasteiger partial charge in [-0.2, -0.15) is 0 Å². The molecule has 0 aliphatic carbocycles. The predicted octanol–water partition coefficient (Wildman–Crippen LogP) is 1.96. The van der Waals surface area contributed by atoms with Gasteiger partial charge in [-0.3, -0.25) is 24.6 Å². The van der Waals surface area contributed by atoms with Crippen LogP contribution in [0.1, 0.15) is 26.3 Å². The maximum absolute atomic E-state index is 12.3. The highest BCUT2D eigenvalue weighted by atomic mass is 16.6. The largest absolute Gasteiger partial charge is 0.352 e. The second-order valence-electron chi connectivity index (χ2n) is 5.08. The van der Waals surface area contributed by atoms with E-state index in [1.807, 2.05) is 13.0 Å². The molecule has 0 unspecified atom stereocenters. The predicted molar refractivity (Wildman–Crippen MR) is 81.1 cm³/mol. The standard InChI is InChI=1S/C15H12N4O4/c1-9-2-5-13(16-7-9)17-8-18-14(20)11-4-3-10(19(22)23)6-12(11)15(18)21/h2-7H,8H2,1H3,(H,16,17). The van der Waals surface area contributed by atoms with E-state index in [0.29, 0.717) is 5.82 Å². The number of carbonyl (C=O) groups is 2. The van der Waals surface area contributed by atoms with E-state index >= 15 is 0 Å². The van der Waals surface area contributed by atoms with Crippen LogP contribution in [0.3, 0.4) is 0 Å². The number of rotatable bonds is 4. The number of nitrogens with zero attached hydrogens (tertiary/aromatic N) is 3. The fourth-order valence-electron chi connectivity index (χ4n) is 2.27. The van der Waals surface area contributed by atoms with Gasteiger partial charge in [-0.1, -0.05) is 6.07 Å². The number of benzene rings is 1. The van der Waals surface area contributed by atoms with E-state index in [1.165, 1.54) is 12.1 Å². The molecule has 2 aromatic rings. The lowest BCUT2D eigenvalue weighted by Gasteiger charge is -2.15. The summed E-state index contributed by atoms with van der Waals surface area (Å²) in [5, 5.41) is 13.7. The molecule has 0 atom stereocenters. The average molecular weight is 312 g/mol. The van der Waals surface area contributed by atoms with Gasteiger partial charge in [-0.25, -0.2) is 4.98 Å². The van der Waals surface area contributed by atoms with Gasteiger partial charge in [0.1, 0.15) is 5.82 Å². The summed E-state index contributed by atoms with van der Waals surface area (Å²) >= 11 is 0. The molecule has 3 rings (SSSR count). The molecule has 2 heterocycles. The number of aromatic nitrogens is 1. The Labute approximate surface area is 130 Å². The van der Waals surface area contributed by atoms with E-state index in [-0.39, 0.29) is 23.5 Å². The first-order valence-electron chi connectivity index (χ1n) is 6.78. The minimum atomic E-state index is -0.602. The molecule has 116 valence electrons. The van der Waals surface area contributed by atoms with Crippen molar-refractivity contribution in [2.75, 3.05) is 12.0 Å². The van der Waals surface area contributed by atoms with Crippen LogP contribution in [0.2, 0.25) is 0 Å². The second kappa shape index (κ2) is 5.48. The summed E-state index contributed by atoms with van der Waals surface area (Å²) in [5.74, 6) is -0.522. The number of nitro benzene ring substituents is 1. The van der Waals surface area contributed by atoms with Gasteiger partial charge in [0.15, 0.2) is 0 Å². The Morgan fingerprint density at radius 2 is 1.91 bits per heavy atom. The van der Waals surface area contributed by atoms with Crippen LogP contribution in [0.15, 0.2) is 36.5 Å². The SMILES string of the molecule is Cc1ccc(NCN2C(=O)c3ccc([N+](=O)[O-])cc3C2=O)nc1. The second-order valence-corrected chi connectivity index (χ2v) is 5.08. The highest BCUT2D eigenvalue weighted by Gasteiger charge is 2.36. The van der Waals surface area contributed by atoms with Crippen molar-refractivity contribution in [3.8, 4) is 0 Å². The van der Waals surface area contributed by atoms with Crippen molar-refractivity contribution in [1.29, 1.82) is 0 Å². The summed E-state index contributed by atoms with van der Waals surface area (Å²) in [6.07, 6.45) is 1.66. The number of nitrogens with one attached hydrogen (secondary N) is 1. The lowest BCUT2D eigenvalue weighted by molar-refractivity contribution is -0.384. The molecule has 0 saturated heterocycles. The van der Waals surface area contributed by atoms with Crippen LogP contribution in [0.4, 0.5) is 11.5 Å². The number of imide groups is 1. The van der Waals surface area contributed by atoms with Crippen LogP contribution < -0.4 is 5.32 Å². The molecular weight excluding hydrogens is 300 g/mol. The lowest BCUT2D eigenvalue weighted by atomic mass is 10.1. The van der Waals surface area contributed by atoms with E-state index in [9.17, 15) is 19.7 Å². The normalized spacial score (nSPS) is 13.2. The molecule has 0 saturated carbocycles. The van der Waals surface area contributed by atoms with Gasteiger partial charge in [-0.15, -0.1) is 0 Å². The van der Waals surface area contributed by atoms with Gasteiger partial charge >= 0.3 is 0 Å². The van der Waals surface area contributed by atoms with Crippen molar-refractivity contribution in [2.24, 2.45) is 0 Å². The minimum absolute atomic E-state index is 0.0443. The number of anilines is 1. The maximum atomic E-state index is 12.3. The van der Waals surface area contributed by atoms with E-state index < -0.39 is 16.7 Å². The number of carbonyl (C=O) groups excluding carboxylic acids is 2. The topological polar surface area (TPSA) is 105 Å². The minimum Gasteiger partial charge on any atom is -0.352 e. The van der Waals surface area contributed by atoms with E-state index in [4.69, 9.17) is 0 Å². The van der Waals surface area contributed by atoms with Crippen molar-refractivity contribution in [2.45, 2.75) is 6.92 Å². The molecule has 0 radical (unpaired) electrons. The molecule has 2 amide bonds. The van der Waals surface area contributed by atoms with Gasteiger partial charge in [0, 0.05) is 18.3 Å². The fourth-order valence-corrected chi connectivity index (χ4v) is 2.27. The zero-order valence-corrected chi connectivity index (χ0v) is 12.1. The van der Waals surface area contributed by atoms with Crippen LogP contribution >= 0.6 is 0 Å². The van der Waals surface area contributed by atoms with Gasteiger partial charge in [0.2, 0.25) is 0 Å². The molecule has 0 bridgehead atoms. The number of hydrogen-bond acceptors (Lipinski definition) is 6.